The fourth-order valence-corrected chi connectivity index (χ4v) is 2.65. The number of nitrogens with one attached hydrogen (secondary N) is 1. The molecule has 0 spiro atoms. The summed E-state index contributed by atoms with van der Waals surface area (Å²) in [6, 6.07) is 9.56. The van der Waals surface area contributed by atoms with Crippen LogP contribution in [0, 0.1) is 13.8 Å². The molecule has 0 bridgehead atoms. The molecule has 20 heavy (non-hydrogen) atoms. The van der Waals surface area contributed by atoms with E-state index in [0.29, 0.717) is 6.04 Å². The summed E-state index contributed by atoms with van der Waals surface area (Å²) in [5.41, 5.74) is 4.80. The Balaban J connectivity index is 1.46. The molecule has 1 aromatic heterocycles. The number of nitrogens with zero attached hydrogens (tertiary/aromatic N) is 2. The first-order valence-corrected chi connectivity index (χ1v) is 7.28. The lowest BCUT2D eigenvalue weighted by Gasteiger charge is -2.36. The molecule has 3 heteroatoms. The summed E-state index contributed by atoms with van der Waals surface area (Å²) in [6.07, 6.45) is 6.13. The van der Waals surface area contributed by atoms with Crippen LogP contribution >= 0.6 is 0 Å². The third-order valence-corrected chi connectivity index (χ3v) is 4.09. The second kappa shape index (κ2) is 5.71. The van der Waals surface area contributed by atoms with Gasteiger partial charge in [-0.25, -0.2) is 0 Å². The van der Waals surface area contributed by atoms with Crippen molar-refractivity contribution in [2.24, 2.45) is 0 Å². The Morgan fingerprint density at radius 2 is 1.80 bits per heavy atom. The van der Waals surface area contributed by atoms with E-state index in [1.54, 1.807) is 0 Å². The van der Waals surface area contributed by atoms with Crippen molar-refractivity contribution in [3.05, 3.63) is 59.2 Å². The summed E-state index contributed by atoms with van der Waals surface area (Å²) >= 11 is 0. The predicted octanol–water partition coefficient (Wildman–Crippen LogP) is 3.13. The van der Waals surface area contributed by atoms with E-state index >= 15 is 0 Å². The van der Waals surface area contributed by atoms with Gasteiger partial charge in [-0.3, -0.25) is 9.97 Å². The second-order valence-corrected chi connectivity index (χ2v) is 5.81. The van der Waals surface area contributed by atoms with Crippen molar-refractivity contribution in [2.45, 2.75) is 45.2 Å². The van der Waals surface area contributed by atoms with E-state index in [4.69, 9.17) is 0 Å². The molecule has 1 aliphatic carbocycles. The van der Waals surface area contributed by atoms with E-state index in [-0.39, 0.29) is 0 Å². The molecule has 1 N–H and O–H groups in total. The zero-order valence-corrected chi connectivity index (χ0v) is 12.1. The maximum atomic E-state index is 4.37. The molecule has 3 nitrogen and oxygen atoms in total. The standard InChI is InChI=1S/C17H21N3/c1-12-3-5-14(6-4-12)15-7-16(8-15)20-11-17-10-18-13(2)9-19-17/h3-6,9-10,15-16,20H,7-8,11H2,1-2H3. The highest BCUT2D eigenvalue weighted by atomic mass is 15.0. The highest BCUT2D eigenvalue weighted by molar-refractivity contribution is 5.26. The molecular weight excluding hydrogens is 246 g/mol. The minimum absolute atomic E-state index is 0.615. The third-order valence-electron chi connectivity index (χ3n) is 4.09. The third kappa shape index (κ3) is 3.05. The van der Waals surface area contributed by atoms with Gasteiger partial charge in [0.15, 0.2) is 0 Å². The molecule has 0 atom stereocenters. The molecule has 2 aromatic rings. The molecule has 1 fully saturated rings. The van der Waals surface area contributed by atoms with Gasteiger partial charge < -0.3 is 5.32 Å². The normalized spacial score (nSPS) is 21.5. The van der Waals surface area contributed by atoms with Gasteiger partial charge in [-0.2, -0.15) is 0 Å². The van der Waals surface area contributed by atoms with Gasteiger partial charge in [0.05, 0.1) is 11.4 Å². The van der Waals surface area contributed by atoms with Crippen LogP contribution in [0.25, 0.3) is 0 Å². The van der Waals surface area contributed by atoms with E-state index in [0.717, 1.165) is 23.9 Å². The van der Waals surface area contributed by atoms with Crippen molar-refractivity contribution in [3.63, 3.8) is 0 Å². The van der Waals surface area contributed by atoms with Crippen LogP contribution < -0.4 is 5.32 Å². The summed E-state index contributed by atoms with van der Waals surface area (Å²) in [6.45, 7) is 4.92. The Morgan fingerprint density at radius 1 is 1.05 bits per heavy atom. The number of aryl methyl sites for hydroxylation is 2. The van der Waals surface area contributed by atoms with Crippen molar-refractivity contribution in [1.82, 2.24) is 15.3 Å². The van der Waals surface area contributed by atoms with E-state index in [1.807, 2.05) is 19.3 Å². The number of benzene rings is 1. The van der Waals surface area contributed by atoms with Crippen LogP contribution in [0.5, 0.6) is 0 Å². The average Bonchev–Trinajstić information content (AvgIpc) is 2.41. The highest BCUT2D eigenvalue weighted by Gasteiger charge is 2.29. The van der Waals surface area contributed by atoms with Crippen LogP contribution in [0.15, 0.2) is 36.7 Å². The van der Waals surface area contributed by atoms with Gasteiger partial charge in [0, 0.05) is 25.0 Å². The minimum atomic E-state index is 0.615. The molecule has 1 aliphatic rings. The van der Waals surface area contributed by atoms with Gasteiger partial charge >= 0.3 is 0 Å². The summed E-state index contributed by atoms with van der Waals surface area (Å²) < 4.78 is 0. The number of rotatable bonds is 4. The summed E-state index contributed by atoms with van der Waals surface area (Å²) in [7, 11) is 0. The fraction of sp³-hybridized carbons (Fsp3) is 0.412. The minimum Gasteiger partial charge on any atom is -0.308 e. The zero-order valence-electron chi connectivity index (χ0n) is 12.1. The maximum absolute atomic E-state index is 4.37. The van der Waals surface area contributed by atoms with Crippen LogP contribution in [0.1, 0.15) is 41.3 Å². The molecule has 3 rings (SSSR count). The molecule has 1 saturated carbocycles. The average molecular weight is 267 g/mol. The number of hydrogen-bond acceptors (Lipinski definition) is 3. The maximum Gasteiger partial charge on any atom is 0.0724 e. The molecule has 0 aliphatic heterocycles. The van der Waals surface area contributed by atoms with Gasteiger partial charge in [0.2, 0.25) is 0 Å². The summed E-state index contributed by atoms with van der Waals surface area (Å²) in [5, 5.41) is 3.56. The Hall–Kier alpha value is -1.74. The zero-order chi connectivity index (χ0) is 13.9. The summed E-state index contributed by atoms with van der Waals surface area (Å²) in [4.78, 5) is 8.64. The molecular formula is C17H21N3. The lowest BCUT2D eigenvalue weighted by atomic mass is 9.76. The highest BCUT2D eigenvalue weighted by Crippen LogP contribution is 2.36. The molecule has 0 amide bonds. The van der Waals surface area contributed by atoms with Gasteiger partial charge in [0.25, 0.3) is 0 Å². The van der Waals surface area contributed by atoms with Gasteiger partial charge in [-0.15, -0.1) is 0 Å². The van der Waals surface area contributed by atoms with Crippen LogP contribution in [-0.4, -0.2) is 16.0 Å². The van der Waals surface area contributed by atoms with Crippen LogP contribution in [0.2, 0.25) is 0 Å². The SMILES string of the molecule is Cc1ccc(C2CC(NCc3cnc(C)cn3)C2)cc1. The molecule has 1 heterocycles. The van der Waals surface area contributed by atoms with E-state index in [1.165, 1.54) is 24.0 Å². The van der Waals surface area contributed by atoms with Crippen molar-refractivity contribution in [1.29, 1.82) is 0 Å². The first kappa shape index (κ1) is 13.3. The molecule has 1 aromatic carbocycles. The Kier molecular flexibility index (Phi) is 3.79. The Morgan fingerprint density at radius 3 is 2.45 bits per heavy atom. The van der Waals surface area contributed by atoms with Gasteiger partial charge in [0.1, 0.15) is 0 Å². The first-order valence-electron chi connectivity index (χ1n) is 7.28. The smallest absolute Gasteiger partial charge is 0.0724 e. The fourth-order valence-electron chi connectivity index (χ4n) is 2.65. The van der Waals surface area contributed by atoms with E-state index < -0.39 is 0 Å². The van der Waals surface area contributed by atoms with Crippen LogP contribution in [0.4, 0.5) is 0 Å². The first-order chi connectivity index (χ1) is 9.70. The van der Waals surface area contributed by atoms with Crippen molar-refractivity contribution in [2.75, 3.05) is 0 Å². The topological polar surface area (TPSA) is 37.8 Å². The predicted molar refractivity (Wildman–Crippen MR) is 80.6 cm³/mol. The molecule has 0 radical (unpaired) electrons. The Labute approximate surface area is 120 Å². The van der Waals surface area contributed by atoms with E-state index in [9.17, 15) is 0 Å². The van der Waals surface area contributed by atoms with E-state index in [2.05, 4.69) is 46.5 Å². The van der Waals surface area contributed by atoms with Crippen LogP contribution in [-0.2, 0) is 6.54 Å². The Bertz CT molecular complexity index is 551. The lowest BCUT2D eigenvalue weighted by molar-refractivity contribution is 0.288. The van der Waals surface area contributed by atoms with Gasteiger partial charge in [-0.05, 0) is 38.2 Å². The largest absolute Gasteiger partial charge is 0.308 e. The number of aromatic nitrogens is 2. The molecule has 0 unspecified atom stereocenters. The van der Waals surface area contributed by atoms with Gasteiger partial charge in [-0.1, -0.05) is 29.8 Å². The van der Waals surface area contributed by atoms with Crippen molar-refractivity contribution < 1.29 is 0 Å². The molecule has 0 saturated heterocycles. The summed E-state index contributed by atoms with van der Waals surface area (Å²) in [5.74, 6) is 0.720. The lowest BCUT2D eigenvalue weighted by Crippen LogP contribution is -2.39. The quantitative estimate of drug-likeness (QED) is 0.925. The molecule has 104 valence electrons. The van der Waals surface area contributed by atoms with Crippen molar-refractivity contribution >= 4 is 0 Å². The number of hydrogen-bond donors (Lipinski definition) is 1. The second-order valence-electron chi connectivity index (χ2n) is 5.81. The monoisotopic (exact) mass is 267 g/mol. The van der Waals surface area contributed by atoms with Crippen molar-refractivity contribution in [3.8, 4) is 0 Å². The van der Waals surface area contributed by atoms with Crippen LogP contribution in [0.3, 0.4) is 0 Å².